The molecular formula is C15H17N5. The molecule has 0 aliphatic rings. The van der Waals surface area contributed by atoms with E-state index in [4.69, 9.17) is 0 Å². The average Bonchev–Trinajstić information content (AvgIpc) is 3.11. The van der Waals surface area contributed by atoms with Crippen LogP contribution >= 0.6 is 0 Å². The lowest BCUT2D eigenvalue weighted by molar-refractivity contribution is 0.691. The predicted octanol–water partition coefficient (Wildman–Crippen LogP) is 1.90. The second-order valence-corrected chi connectivity index (χ2v) is 4.76. The minimum Gasteiger partial charge on any atom is -0.309 e. The van der Waals surface area contributed by atoms with Gasteiger partial charge in [0.15, 0.2) is 0 Å². The summed E-state index contributed by atoms with van der Waals surface area (Å²) in [6.07, 6.45) is 9.43. The summed E-state index contributed by atoms with van der Waals surface area (Å²) in [7, 11) is 1.93. The Hall–Kier alpha value is -2.40. The van der Waals surface area contributed by atoms with Gasteiger partial charge < -0.3 is 9.88 Å². The summed E-state index contributed by atoms with van der Waals surface area (Å²) < 4.78 is 3.81. The van der Waals surface area contributed by atoms with Crippen molar-refractivity contribution in [2.45, 2.75) is 13.1 Å². The third-order valence-corrected chi connectivity index (χ3v) is 3.16. The monoisotopic (exact) mass is 267 g/mol. The number of rotatable bonds is 5. The van der Waals surface area contributed by atoms with Crippen molar-refractivity contribution in [3.63, 3.8) is 0 Å². The van der Waals surface area contributed by atoms with E-state index >= 15 is 0 Å². The second kappa shape index (κ2) is 5.71. The van der Waals surface area contributed by atoms with Crippen molar-refractivity contribution < 1.29 is 0 Å². The molecule has 0 aliphatic heterocycles. The number of imidazole rings is 1. The molecule has 0 saturated carbocycles. The van der Waals surface area contributed by atoms with Crippen LogP contribution in [0.15, 0.2) is 55.4 Å². The second-order valence-electron chi connectivity index (χ2n) is 4.76. The van der Waals surface area contributed by atoms with Crippen molar-refractivity contribution in [2.75, 3.05) is 0 Å². The van der Waals surface area contributed by atoms with Crippen LogP contribution in [0.2, 0.25) is 0 Å². The Kier molecular flexibility index (Phi) is 3.60. The lowest BCUT2D eigenvalue weighted by Gasteiger charge is -2.06. The Morgan fingerprint density at radius 3 is 2.55 bits per heavy atom. The van der Waals surface area contributed by atoms with Gasteiger partial charge in [0.05, 0.1) is 12.5 Å². The van der Waals surface area contributed by atoms with Crippen LogP contribution in [0.25, 0.3) is 5.69 Å². The largest absolute Gasteiger partial charge is 0.309 e. The highest BCUT2D eigenvalue weighted by molar-refractivity contribution is 5.34. The van der Waals surface area contributed by atoms with Gasteiger partial charge in [-0.2, -0.15) is 5.10 Å². The quantitative estimate of drug-likeness (QED) is 0.768. The lowest BCUT2D eigenvalue weighted by atomic mass is 10.2. The molecule has 20 heavy (non-hydrogen) atoms. The molecule has 5 heteroatoms. The first-order valence-corrected chi connectivity index (χ1v) is 6.57. The third-order valence-electron chi connectivity index (χ3n) is 3.16. The molecule has 0 saturated heterocycles. The Morgan fingerprint density at radius 2 is 1.90 bits per heavy atom. The molecule has 102 valence electrons. The van der Waals surface area contributed by atoms with E-state index in [-0.39, 0.29) is 0 Å². The molecule has 0 bridgehead atoms. The molecule has 0 aliphatic carbocycles. The normalized spacial score (nSPS) is 10.8. The van der Waals surface area contributed by atoms with Gasteiger partial charge in [-0.15, -0.1) is 0 Å². The van der Waals surface area contributed by atoms with E-state index in [1.165, 1.54) is 11.1 Å². The van der Waals surface area contributed by atoms with Crippen molar-refractivity contribution in [1.29, 1.82) is 0 Å². The summed E-state index contributed by atoms with van der Waals surface area (Å²) in [5, 5.41) is 7.56. The lowest BCUT2D eigenvalue weighted by Crippen LogP contribution is -2.12. The van der Waals surface area contributed by atoms with E-state index in [1.54, 1.807) is 12.5 Å². The number of aromatic nitrogens is 4. The topological polar surface area (TPSA) is 47.7 Å². The summed E-state index contributed by atoms with van der Waals surface area (Å²) in [6.45, 7) is 1.68. The minimum atomic E-state index is 0.830. The van der Waals surface area contributed by atoms with Gasteiger partial charge in [0.25, 0.3) is 0 Å². The van der Waals surface area contributed by atoms with Crippen LogP contribution in [0, 0.1) is 0 Å². The van der Waals surface area contributed by atoms with Crippen molar-refractivity contribution in [3.8, 4) is 5.69 Å². The molecule has 5 nitrogen and oxygen atoms in total. The predicted molar refractivity (Wildman–Crippen MR) is 77.3 cm³/mol. The summed E-state index contributed by atoms with van der Waals surface area (Å²) in [5.74, 6) is 0. The van der Waals surface area contributed by atoms with E-state index in [0.717, 1.165) is 18.8 Å². The zero-order chi connectivity index (χ0) is 13.8. The zero-order valence-electron chi connectivity index (χ0n) is 11.4. The molecule has 3 rings (SSSR count). The van der Waals surface area contributed by atoms with Crippen LogP contribution in [0.5, 0.6) is 0 Å². The molecule has 1 N–H and O–H groups in total. The van der Waals surface area contributed by atoms with Crippen LogP contribution in [0.1, 0.15) is 11.1 Å². The highest BCUT2D eigenvalue weighted by Crippen LogP contribution is 2.09. The van der Waals surface area contributed by atoms with Gasteiger partial charge in [-0.25, -0.2) is 4.98 Å². The van der Waals surface area contributed by atoms with Crippen LogP contribution in [0.4, 0.5) is 0 Å². The highest BCUT2D eigenvalue weighted by Gasteiger charge is 1.98. The molecular weight excluding hydrogens is 250 g/mol. The summed E-state index contributed by atoms with van der Waals surface area (Å²) >= 11 is 0. The SMILES string of the molecule is Cn1cc(CNCc2ccc(-n3ccnc3)cc2)cn1. The third kappa shape index (κ3) is 2.95. The Bertz CT molecular complexity index is 652. The van der Waals surface area contributed by atoms with Crippen molar-refractivity contribution in [1.82, 2.24) is 24.6 Å². The number of benzene rings is 1. The van der Waals surface area contributed by atoms with Crippen LogP contribution in [-0.4, -0.2) is 19.3 Å². The molecule has 0 fully saturated rings. The van der Waals surface area contributed by atoms with E-state index in [1.807, 2.05) is 34.9 Å². The van der Waals surface area contributed by atoms with E-state index in [2.05, 4.69) is 39.7 Å². The van der Waals surface area contributed by atoms with Gasteiger partial charge in [-0.05, 0) is 17.7 Å². The van der Waals surface area contributed by atoms with Gasteiger partial charge in [-0.1, -0.05) is 12.1 Å². The van der Waals surface area contributed by atoms with E-state index < -0.39 is 0 Å². The Morgan fingerprint density at radius 1 is 1.10 bits per heavy atom. The number of hydrogen-bond donors (Lipinski definition) is 1. The first kappa shape index (κ1) is 12.6. The maximum absolute atomic E-state index is 4.15. The standard InChI is InChI=1S/C15H17N5/c1-19-11-14(10-18-19)9-17-8-13-2-4-15(5-3-13)20-7-6-16-12-20/h2-7,10-12,17H,8-9H2,1H3. The number of aryl methyl sites for hydroxylation is 1. The number of hydrogen-bond acceptors (Lipinski definition) is 3. The van der Waals surface area contributed by atoms with Gasteiger partial charge >= 0.3 is 0 Å². The summed E-state index contributed by atoms with van der Waals surface area (Å²) in [4.78, 5) is 4.05. The van der Waals surface area contributed by atoms with Crippen molar-refractivity contribution in [3.05, 3.63) is 66.5 Å². The smallest absolute Gasteiger partial charge is 0.0991 e. The fourth-order valence-electron chi connectivity index (χ4n) is 2.11. The van der Waals surface area contributed by atoms with Gasteiger partial charge in [0, 0.05) is 50.0 Å². The van der Waals surface area contributed by atoms with Gasteiger partial charge in [-0.3, -0.25) is 4.68 Å². The molecule has 0 unspecified atom stereocenters. The summed E-state index contributed by atoms with van der Waals surface area (Å²) in [6, 6.07) is 8.46. The van der Waals surface area contributed by atoms with Crippen LogP contribution in [-0.2, 0) is 20.1 Å². The first-order chi connectivity index (χ1) is 9.81. The Balaban J connectivity index is 1.56. The van der Waals surface area contributed by atoms with Crippen molar-refractivity contribution >= 4 is 0 Å². The van der Waals surface area contributed by atoms with Crippen molar-refractivity contribution in [2.24, 2.45) is 7.05 Å². The minimum absolute atomic E-state index is 0.830. The zero-order valence-corrected chi connectivity index (χ0v) is 11.4. The summed E-state index contributed by atoms with van der Waals surface area (Å²) in [5.41, 5.74) is 3.58. The Labute approximate surface area is 117 Å². The molecule has 0 amide bonds. The average molecular weight is 267 g/mol. The van der Waals surface area contributed by atoms with Gasteiger partial charge in [0.2, 0.25) is 0 Å². The molecule has 0 atom stereocenters. The number of nitrogens with zero attached hydrogens (tertiary/aromatic N) is 4. The van der Waals surface area contributed by atoms with E-state index in [9.17, 15) is 0 Å². The van der Waals surface area contributed by atoms with Crippen LogP contribution in [0.3, 0.4) is 0 Å². The van der Waals surface area contributed by atoms with Crippen LogP contribution < -0.4 is 5.32 Å². The maximum atomic E-state index is 4.15. The molecule has 3 aromatic rings. The maximum Gasteiger partial charge on any atom is 0.0991 e. The first-order valence-electron chi connectivity index (χ1n) is 6.57. The molecule has 0 radical (unpaired) electrons. The fraction of sp³-hybridized carbons (Fsp3) is 0.200. The fourth-order valence-corrected chi connectivity index (χ4v) is 2.11. The molecule has 1 aromatic carbocycles. The van der Waals surface area contributed by atoms with Gasteiger partial charge in [0.1, 0.15) is 0 Å². The molecule has 2 aromatic heterocycles. The molecule has 0 spiro atoms. The number of nitrogens with one attached hydrogen (secondary N) is 1. The highest BCUT2D eigenvalue weighted by atomic mass is 15.2. The van der Waals surface area contributed by atoms with E-state index in [0.29, 0.717) is 0 Å². The molecule has 2 heterocycles.